The molecule has 4 atom stereocenters. The quantitative estimate of drug-likeness (QED) is 0.591. The highest BCUT2D eigenvalue weighted by atomic mass is 79.9. The molecule has 0 spiro atoms. The van der Waals surface area contributed by atoms with E-state index < -0.39 is 0 Å². The van der Waals surface area contributed by atoms with E-state index in [0.29, 0.717) is 8.65 Å². The maximum absolute atomic E-state index is 3.88. The average Bonchev–Trinajstić information content (AvgIpc) is 2.25. The first kappa shape index (κ1) is 6.47. The molecule has 0 saturated heterocycles. The van der Waals surface area contributed by atoms with Crippen LogP contribution in [0.5, 0.6) is 0 Å². The second-order valence-electron chi connectivity index (χ2n) is 4.11. The molecular weight excluding hydrogens is 256 g/mol. The van der Waals surface area contributed by atoms with Gasteiger partial charge in [0.25, 0.3) is 0 Å². The predicted octanol–water partition coefficient (Wildman–Crippen LogP) is 3.09. The van der Waals surface area contributed by atoms with Gasteiger partial charge in [-0.3, -0.25) is 0 Å². The Hall–Kier alpha value is 0.960. The van der Waals surface area contributed by atoms with E-state index in [-0.39, 0.29) is 0 Å². The zero-order valence-electron chi connectivity index (χ0n) is 5.74. The Balaban J connectivity index is 2.08. The molecule has 10 heavy (non-hydrogen) atoms. The summed E-state index contributed by atoms with van der Waals surface area (Å²) in [6, 6.07) is 0. The van der Waals surface area contributed by atoms with E-state index >= 15 is 0 Å². The van der Waals surface area contributed by atoms with Gasteiger partial charge in [0, 0.05) is 8.65 Å². The van der Waals surface area contributed by atoms with Crippen LogP contribution in [0.4, 0.5) is 0 Å². The zero-order chi connectivity index (χ0) is 6.98. The molecule has 0 radical (unpaired) electrons. The summed E-state index contributed by atoms with van der Waals surface area (Å²) in [6.07, 6.45) is 5.82. The van der Waals surface area contributed by atoms with Gasteiger partial charge >= 0.3 is 0 Å². The van der Waals surface area contributed by atoms with Crippen molar-refractivity contribution in [3.8, 4) is 0 Å². The van der Waals surface area contributed by atoms with Crippen molar-refractivity contribution in [2.75, 3.05) is 0 Å². The molecule has 3 saturated carbocycles. The summed E-state index contributed by atoms with van der Waals surface area (Å²) in [5.74, 6) is 1.99. The van der Waals surface area contributed by atoms with Gasteiger partial charge in [-0.25, -0.2) is 0 Å². The summed E-state index contributed by atoms with van der Waals surface area (Å²) in [4.78, 5) is 0. The lowest BCUT2D eigenvalue weighted by atomic mass is 10.0. The molecule has 0 heterocycles. The number of fused-ring (bicyclic) bond motifs is 5. The number of halogens is 2. The number of rotatable bonds is 0. The van der Waals surface area contributed by atoms with Gasteiger partial charge in [0.1, 0.15) is 0 Å². The molecule has 0 aromatic carbocycles. The highest BCUT2D eigenvalue weighted by Gasteiger charge is 2.77. The van der Waals surface area contributed by atoms with Crippen LogP contribution >= 0.6 is 31.9 Å². The third-order valence-corrected chi connectivity index (χ3v) is 7.61. The van der Waals surface area contributed by atoms with Crippen LogP contribution in [-0.4, -0.2) is 8.65 Å². The van der Waals surface area contributed by atoms with E-state index in [1.165, 1.54) is 25.7 Å². The van der Waals surface area contributed by atoms with Crippen LogP contribution in [0.2, 0.25) is 0 Å². The van der Waals surface area contributed by atoms with Gasteiger partial charge < -0.3 is 0 Å². The van der Waals surface area contributed by atoms with Crippen molar-refractivity contribution in [1.82, 2.24) is 0 Å². The Bertz CT molecular complexity index is 183. The smallest absolute Gasteiger partial charge is 0.0456 e. The van der Waals surface area contributed by atoms with Crippen molar-refractivity contribution in [2.45, 2.75) is 34.3 Å². The van der Waals surface area contributed by atoms with Crippen LogP contribution in [0.1, 0.15) is 25.7 Å². The largest absolute Gasteiger partial charge is 0.0834 e. The summed E-state index contributed by atoms with van der Waals surface area (Å²) in [5, 5.41) is 0. The SMILES string of the molecule is Br[C@]12C[C@]1(Br)[C@H]1CC[C@@H]2C1. The van der Waals surface area contributed by atoms with Crippen molar-refractivity contribution >= 4 is 31.9 Å². The standard InChI is InChI=1S/C8H10Br2/c9-7-4-8(7,10)6-2-1-5(7)3-6/h5-6H,1-4H2/t5-,6+,7-,8-/m0/s1. The molecule has 0 aromatic heterocycles. The molecule has 0 N–H and O–H groups in total. The lowest BCUT2D eigenvalue weighted by Crippen LogP contribution is -2.21. The highest BCUT2D eigenvalue weighted by Crippen LogP contribution is 2.79. The Morgan fingerprint density at radius 1 is 1.00 bits per heavy atom. The molecule has 0 amide bonds. The molecule has 2 bridgehead atoms. The third kappa shape index (κ3) is 0.465. The third-order valence-electron chi connectivity index (χ3n) is 3.81. The number of hydrogen-bond acceptors (Lipinski definition) is 0. The first-order valence-corrected chi connectivity index (χ1v) is 5.63. The molecule has 0 nitrogen and oxygen atoms in total. The maximum Gasteiger partial charge on any atom is 0.0456 e. The lowest BCUT2D eigenvalue weighted by molar-refractivity contribution is 0.514. The molecule has 0 aromatic rings. The van der Waals surface area contributed by atoms with Crippen molar-refractivity contribution < 1.29 is 0 Å². The molecular formula is C8H10Br2. The van der Waals surface area contributed by atoms with Gasteiger partial charge in [-0.2, -0.15) is 0 Å². The fourth-order valence-electron chi connectivity index (χ4n) is 3.11. The van der Waals surface area contributed by atoms with E-state index in [1.807, 2.05) is 0 Å². The Kier molecular flexibility index (Phi) is 0.982. The molecule has 3 aliphatic rings. The minimum atomic E-state index is 0.545. The minimum absolute atomic E-state index is 0.545. The number of alkyl halides is 2. The normalized spacial score (nSPS) is 70.2. The lowest BCUT2D eigenvalue weighted by Gasteiger charge is -2.20. The van der Waals surface area contributed by atoms with E-state index in [0.717, 1.165) is 11.8 Å². The maximum atomic E-state index is 3.88. The molecule has 3 fully saturated rings. The topological polar surface area (TPSA) is 0 Å². The van der Waals surface area contributed by atoms with Crippen LogP contribution in [-0.2, 0) is 0 Å². The van der Waals surface area contributed by atoms with Gasteiger partial charge in [-0.15, -0.1) is 0 Å². The van der Waals surface area contributed by atoms with E-state index in [4.69, 9.17) is 0 Å². The summed E-state index contributed by atoms with van der Waals surface area (Å²) < 4.78 is 1.09. The first-order valence-electron chi connectivity index (χ1n) is 4.05. The van der Waals surface area contributed by atoms with Gasteiger partial charge in [-0.05, 0) is 37.5 Å². The second-order valence-corrected chi connectivity index (χ2v) is 6.94. The fraction of sp³-hybridized carbons (Fsp3) is 1.00. The summed E-state index contributed by atoms with van der Waals surface area (Å²) in [7, 11) is 0. The van der Waals surface area contributed by atoms with Crippen LogP contribution < -0.4 is 0 Å². The first-order chi connectivity index (χ1) is 4.67. The van der Waals surface area contributed by atoms with Gasteiger partial charge in [0.2, 0.25) is 0 Å². The fourth-order valence-corrected chi connectivity index (χ4v) is 5.85. The molecule has 2 heteroatoms. The zero-order valence-corrected chi connectivity index (χ0v) is 8.91. The van der Waals surface area contributed by atoms with Crippen LogP contribution in [0.25, 0.3) is 0 Å². The predicted molar refractivity (Wildman–Crippen MR) is 48.8 cm³/mol. The Labute approximate surface area is 78.0 Å². The van der Waals surface area contributed by atoms with E-state index in [1.54, 1.807) is 0 Å². The van der Waals surface area contributed by atoms with Gasteiger partial charge in [0.05, 0.1) is 0 Å². The Morgan fingerprint density at radius 2 is 1.50 bits per heavy atom. The molecule has 56 valence electrons. The molecule has 3 rings (SSSR count). The highest BCUT2D eigenvalue weighted by molar-refractivity contribution is 9.13. The van der Waals surface area contributed by atoms with Crippen LogP contribution in [0, 0.1) is 11.8 Å². The Morgan fingerprint density at radius 3 is 1.80 bits per heavy atom. The van der Waals surface area contributed by atoms with Crippen molar-refractivity contribution in [1.29, 1.82) is 0 Å². The van der Waals surface area contributed by atoms with E-state index in [9.17, 15) is 0 Å². The van der Waals surface area contributed by atoms with E-state index in [2.05, 4.69) is 31.9 Å². The molecule has 0 aliphatic heterocycles. The van der Waals surface area contributed by atoms with Gasteiger partial charge in [0.15, 0.2) is 0 Å². The number of hydrogen-bond donors (Lipinski definition) is 0. The molecule has 3 aliphatic carbocycles. The second kappa shape index (κ2) is 1.52. The van der Waals surface area contributed by atoms with Crippen molar-refractivity contribution in [3.63, 3.8) is 0 Å². The van der Waals surface area contributed by atoms with Crippen molar-refractivity contribution in [2.24, 2.45) is 11.8 Å². The van der Waals surface area contributed by atoms with Crippen molar-refractivity contribution in [3.05, 3.63) is 0 Å². The monoisotopic (exact) mass is 264 g/mol. The minimum Gasteiger partial charge on any atom is -0.0834 e. The van der Waals surface area contributed by atoms with Gasteiger partial charge in [-0.1, -0.05) is 31.9 Å². The average molecular weight is 266 g/mol. The van der Waals surface area contributed by atoms with Crippen LogP contribution in [0.3, 0.4) is 0 Å². The molecule has 0 unspecified atom stereocenters. The van der Waals surface area contributed by atoms with Crippen LogP contribution in [0.15, 0.2) is 0 Å². The summed E-state index contributed by atoms with van der Waals surface area (Å²) >= 11 is 7.77. The summed E-state index contributed by atoms with van der Waals surface area (Å²) in [5.41, 5.74) is 0. The summed E-state index contributed by atoms with van der Waals surface area (Å²) in [6.45, 7) is 0.